The largest absolute Gasteiger partial charge is 0.385 e. The lowest BCUT2D eigenvalue weighted by Gasteiger charge is -2.24. The van der Waals surface area contributed by atoms with Crippen molar-refractivity contribution in [1.82, 2.24) is 9.80 Å². The van der Waals surface area contributed by atoms with E-state index in [1.165, 1.54) is 12.8 Å². The van der Waals surface area contributed by atoms with Crippen molar-refractivity contribution in [2.45, 2.75) is 56.6 Å². The molecule has 24 heavy (non-hydrogen) atoms. The summed E-state index contributed by atoms with van der Waals surface area (Å²) in [6.45, 7) is 3.82. The van der Waals surface area contributed by atoms with Crippen molar-refractivity contribution < 1.29 is 9.90 Å². The van der Waals surface area contributed by atoms with E-state index in [0.717, 1.165) is 75.5 Å². The number of rotatable bonds is 3. The lowest BCUT2D eigenvalue weighted by molar-refractivity contribution is 0.0444. The molecule has 0 aromatic heterocycles. The number of aliphatic hydroxyl groups is 1. The van der Waals surface area contributed by atoms with Gasteiger partial charge in [0.15, 0.2) is 0 Å². The lowest BCUT2D eigenvalue weighted by atomic mass is 9.91. The van der Waals surface area contributed by atoms with E-state index in [1.807, 2.05) is 29.2 Å². The van der Waals surface area contributed by atoms with Crippen LogP contribution < -0.4 is 0 Å². The molecule has 1 aliphatic heterocycles. The van der Waals surface area contributed by atoms with Crippen molar-refractivity contribution in [2.24, 2.45) is 0 Å². The van der Waals surface area contributed by atoms with Gasteiger partial charge in [-0.3, -0.25) is 9.69 Å². The average molecular weight is 328 g/mol. The van der Waals surface area contributed by atoms with Gasteiger partial charge in [0.05, 0.1) is 5.60 Å². The van der Waals surface area contributed by atoms with E-state index in [-0.39, 0.29) is 5.91 Å². The minimum Gasteiger partial charge on any atom is -0.385 e. The third-order valence-electron chi connectivity index (χ3n) is 5.98. The Kier molecular flexibility index (Phi) is 4.35. The summed E-state index contributed by atoms with van der Waals surface area (Å²) < 4.78 is 0. The maximum atomic E-state index is 12.8. The molecule has 4 rings (SSSR count). The van der Waals surface area contributed by atoms with Gasteiger partial charge < -0.3 is 10.0 Å². The fraction of sp³-hybridized carbons (Fsp3) is 0.650. The first-order valence-corrected chi connectivity index (χ1v) is 9.52. The van der Waals surface area contributed by atoms with Gasteiger partial charge in [0.25, 0.3) is 5.91 Å². The molecule has 1 heterocycles. The van der Waals surface area contributed by atoms with Crippen LogP contribution in [0.25, 0.3) is 0 Å². The summed E-state index contributed by atoms with van der Waals surface area (Å²) in [5.74, 6) is 0.137. The average Bonchev–Trinajstić information content (AvgIpc) is 3.39. The highest BCUT2D eigenvalue weighted by molar-refractivity contribution is 5.94. The maximum Gasteiger partial charge on any atom is 0.253 e. The van der Waals surface area contributed by atoms with Crippen LogP contribution >= 0.6 is 0 Å². The van der Waals surface area contributed by atoms with Gasteiger partial charge in [0, 0.05) is 37.8 Å². The first kappa shape index (κ1) is 16.1. The summed E-state index contributed by atoms with van der Waals surface area (Å²) in [6, 6.07) is 8.49. The third-order valence-corrected chi connectivity index (χ3v) is 5.98. The van der Waals surface area contributed by atoms with E-state index in [1.54, 1.807) is 0 Å². The highest BCUT2D eigenvalue weighted by atomic mass is 16.3. The summed E-state index contributed by atoms with van der Waals surface area (Å²) in [5, 5.41) is 10.7. The van der Waals surface area contributed by atoms with Crippen LogP contribution in [-0.2, 0) is 5.60 Å². The van der Waals surface area contributed by atoms with Crippen molar-refractivity contribution >= 4 is 5.91 Å². The predicted octanol–water partition coefficient (Wildman–Crippen LogP) is 2.76. The Morgan fingerprint density at radius 2 is 1.67 bits per heavy atom. The Balaban J connectivity index is 1.42. The zero-order valence-corrected chi connectivity index (χ0v) is 14.4. The molecule has 2 aliphatic carbocycles. The fourth-order valence-electron chi connectivity index (χ4n) is 4.30. The van der Waals surface area contributed by atoms with Crippen LogP contribution in [0.4, 0.5) is 0 Å². The zero-order valence-electron chi connectivity index (χ0n) is 14.4. The molecule has 0 atom stereocenters. The predicted molar refractivity (Wildman–Crippen MR) is 93.9 cm³/mol. The second-order valence-corrected chi connectivity index (χ2v) is 7.73. The Morgan fingerprint density at radius 3 is 2.33 bits per heavy atom. The summed E-state index contributed by atoms with van der Waals surface area (Å²) >= 11 is 0. The third kappa shape index (κ3) is 3.22. The van der Waals surface area contributed by atoms with Gasteiger partial charge in [-0.25, -0.2) is 0 Å². The van der Waals surface area contributed by atoms with Crippen LogP contribution in [-0.4, -0.2) is 53.0 Å². The van der Waals surface area contributed by atoms with Gasteiger partial charge >= 0.3 is 0 Å². The fourth-order valence-corrected chi connectivity index (χ4v) is 4.30. The van der Waals surface area contributed by atoms with E-state index in [2.05, 4.69) is 4.90 Å². The van der Waals surface area contributed by atoms with E-state index >= 15 is 0 Å². The van der Waals surface area contributed by atoms with Crippen LogP contribution in [0.3, 0.4) is 0 Å². The Labute approximate surface area is 144 Å². The van der Waals surface area contributed by atoms with Gasteiger partial charge in [0.1, 0.15) is 0 Å². The first-order valence-electron chi connectivity index (χ1n) is 9.52. The number of hydrogen-bond donors (Lipinski definition) is 1. The van der Waals surface area contributed by atoms with Crippen LogP contribution in [0.1, 0.15) is 60.9 Å². The topological polar surface area (TPSA) is 43.8 Å². The molecule has 0 radical (unpaired) electrons. The standard InChI is InChI=1S/C20H28N2O2/c23-19(22-13-3-12-21(14-15-22)18-8-9-18)16-4-6-17(7-5-16)20(24)10-1-2-11-20/h4-7,18,24H,1-3,8-15H2. The molecule has 4 heteroatoms. The molecular weight excluding hydrogens is 300 g/mol. The molecule has 0 bridgehead atoms. The Hall–Kier alpha value is -1.39. The highest BCUT2D eigenvalue weighted by Gasteiger charge is 2.33. The number of carbonyl (C=O) groups is 1. The van der Waals surface area contributed by atoms with Crippen LogP contribution in [0.15, 0.2) is 24.3 Å². The first-order chi connectivity index (χ1) is 11.7. The molecule has 130 valence electrons. The van der Waals surface area contributed by atoms with Crippen LogP contribution in [0, 0.1) is 0 Å². The Morgan fingerprint density at radius 1 is 0.958 bits per heavy atom. The number of carbonyl (C=O) groups excluding carboxylic acids is 1. The molecule has 1 N–H and O–H groups in total. The normalized spacial score (nSPS) is 24.8. The summed E-state index contributed by atoms with van der Waals surface area (Å²) in [6.07, 6.45) is 7.58. The van der Waals surface area contributed by atoms with Gasteiger partial charge in [-0.15, -0.1) is 0 Å². The van der Waals surface area contributed by atoms with Gasteiger partial charge in [-0.1, -0.05) is 25.0 Å². The minimum absolute atomic E-state index is 0.137. The SMILES string of the molecule is O=C(c1ccc(C2(O)CCCC2)cc1)N1CCCN(C2CC2)CC1. The summed E-state index contributed by atoms with van der Waals surface area (Å²) in [7, 11) is 0. The molecule has 1 saturated heterocycles. The molecule has 3 aliphatic rings. The molecule has 1 aromatic carbocycles. The number of nitrogens with zero attached hydrogens (tertiary/aromatic N) is 2. The monoisotopic (exact) mass is 328 g/mol. The lowest BCUT2D eigenvalue weighted by Crippen LogP contribution is -2.35. The summed E-state index contributed by atoms with van der Waals surface area (Å²) in [4.78, 5) is 17.4. The molecule has 2 saturated carbocycles. The van der Waals surface area contributed by atoms with Crippen molar-refractivity contribution in [2.75, 3.05) is 26.2 Å². The molecule has 0 spiro atoms. The summed E-state index contributed by atoms with van der Waals surface area (Å²) in [5.41, 5.74) is 1.04. The van der Waals surface area contributed by atoms with Gasteiger partial charge in [-0.05, 0) is 49.8 Å². The van der Waals surface area contributed by atoms with E-state index in [0.29, 0.717) is 0 Å². The minimum atomic E-state index is -0.672. The molecular formula is C20H28N2O2. The van der Waals surface area contributed by atoms with Gasteiger partial charge in [-0.2, -0.15) is 0 Å². The van der Waals surface area contributed by atoms with Crippen LogP contribution in [0.2, 0.25) is 0 Å². The van der Waals surface area contributed by atoms with E-state index < -0.39 is 5.60 Å². The van der Waals surface area contributed by atoms with E-state index in [4.69, 9.17) is 0 Å². The Bertz CT molecular complexity index is 588. The number of amides is 1. The second-order valence-electron chi connectivity index (χ2n) is 7.73. The van der Waals surface area contributed by atoms with Crippen molar-refractivity contribution in [3.8, 4) is 0 Å². The zero-order chi connectivity index (χ0) is 16.6. The van der Waals surface area contributed by atoms with Crippen molar-refractivity contribution in [1.29, 1.82) is 0 Å². The van der Waals surface area contributed by atoms with E-state index in [9.17, 15) is 9.90 Å². The highest BCUT2D eigenvalue weighted by Crippen LogP contribution is 2.38. The quantitative estimate of drug-likeness (QED) is 0.928. The molecule has 1 amide bonds. The number of hydrogen-bond acceptors (Lipinski definition) is 3. The molecule has 0 unspecified atom stereocenters. The van der Waals surface area contributed by atoms with Crippen molar-refractivity contribution in [3.05, 3.63) is 35.4 Å². The smallest absolute Gasteiger partial charge is 0.253 e. The molecule has 1 aromatic rings. The van der Waals surface area contributed by atoms with Gasteiger partial charge in [0.2, 0.25) is 0 Å². The second kappa shape index (κ2) is 6.49. The molecule has 4 nitrogen and oxygen atoms in total. The maximum absolute atomic E-state index is 12.8. The van der Waals surface area contributed by atoms with Crippen LogP contribution in [0.5, 0.6) is 0 Å². The molecule has 3 fully saturated rings. The van der Waals surface area contributed by atoms with Crippen molar-refractivity contribution in [3.63, 3.8) is 0 Å². The number of benzene rings is 1.